The van der Waals surface area contributed by atoms with E-state index in [-0.39, 0.29) is 21.6 Å². The van der Waals surface area contributed by atoms with Crippen LogP contribution in [0.1, 0.15) is 5.01 Å². The molecule has 1 heterocycles. The van der Waals surface area contributed by atoms with Gasteiger partial charge in [0, 0.05) is 0 Å². The summed E-state index contributed by atoms with van der Waals surface area (Å²) in [5.41, 5.74) is -0.215. The largest absolute Gasteiger partial charge is 0.460 e. The molecule has 1 aromatic carbocycles. The molecule has 0 amide bonds. The number of rotatable bonds is 3. The van der Waals surface area contributed by atoms with E-state index in [1.165, 1.54) is 18.2 Å². The highest BCUT2D eigenvalue weighted by atomic mass is 32.1. The van der Waals surface area contributed by atoms with E-state index in [1.54, 1.807) is 0 Å². The van der Waals surface area contributed by atoms with Crippen LogP contribution in [0.2, 0.25) is 0 Å². The van der Waals surface area contributed by atoms with Gasteiger partial charge in [-0.3, -0.25) is 0 Å². The summed E-state index contributed by atoms with van der Waals surface area (Å²) in [5, 5.41) is -1.82. The lowest BCUT2D eigenvalue weighted by atomic mass is 10.0. The average molecular weight is 353 g/mol. The van der Waals surface area contributed by atoms with E-state index in [1.807, 2.05) is 0 Å². The van der Waals surface area contributed by atoms with Crippen LogP contribution >= 0.6 is 11.3 Å². The molecule has 0 N–H and O–H groups in total. The molecule has 2 rings (SSSR count). The highest BCUT2D eigenvalue weighted by Crippen LogP contribution is 2.57. The van der Waals surface area contributed by atoms with Gasteiger partial charge in [0.2, 0.25) is 0 Å². The zero-order valence-corrected chi connectivity index (χ0v) is 10.9. The SMILES string of the molecule is FC(F)(F)C(F)(F)C(F)(F)C(F)(F)c1nc2ccccc2s1. The number of thiazole rings is 1. The van der Waals surface area contributed by atoms with Crippen LogP contribution in [0.3, 0.4) is 0 Å². The maximum atomic E-state index is 13.6. The average Bonchev–Trinajstić information content (AvgIpc) is 2.81. The topological polar surface area (TPSA) is 12.9 Å². The van der Waals surface area contributed by atoms with Crippen molar-refractivity contribution in [1.29, 1.82) is 0 Å². The summed E-state index contributed by atoms with van der Waals surface area (Å²) < 4.78 is 115. The van der Waals surface area contributed by atoms with Gasteiger partial charge in [0.25, 0.3) is 0 Å². The van der Waals surface area contributed by atoms with E-state index in [0.717, 1.165) is 6.07 Å². The Morgan fingerprint density at radius 3 is 1.82 bits per heavy atom. The number of hydrogen-bond acceptors (Lipinski definition) is 2. The number of para-hydroxylation sites is 1. The molecular weight excluding hydrogens is 349 g/mol. The molecular formula is C11H4F9NS. The second-order valence-electron chi connectivity index (χ2n) is 4.21. The Morgan fingerprint density at radius 1 is 0.773 bits per heavy atom. The maximum Gasteiger partial charge on any atom is 0.460 e. The van der Waals surface area contributed by atoms with Gasteiger partial charge in [-0.15, -0.1) is 11.3 Å². The van der Waals surface area contributed by atoms with E-state index < -0.39 is 29.0 Å². The van der Waals surface area contributed by atoms with Crippen molar-refractivity contribution in [3.05, 3.63) is 29.3 Å². The van der Waals surface area contributed by atoms with Crippen molar-refractivity contribution in [1.82, 2.24) is 4.98 Å². The Morgan fingerprint density at radius 2 is 1.32 bits per heavy atom. The van der Waals surface area contributed by atoms with E-state index in [9.17, 15) is 39.5 Å². The van der Waals surface area contributed by atoms with Crippen molar-refractivity contribution in [3.63, 3.8) is 0 Å². The molecule has 0 aliphatic carbocycles. The quantitative estimate of drug-likeness (QED) is 0.690. The van der Waals surface area contributed by atoms with Crippen molar-refractivity contribution >= 4 is 21.6 Å². The summed E-state index contributed by atoms with van der Waals surface area (Å²) >= 11 is -0.0840. The Kier molecular flexibility index (Phi) is 3.63. The first kappa shape index (κ1) is 16.8. The van der Waals surface area contributed by atoms with E-state index >= 15 is 0 Å². The molecule has 0 aliphatic heterocycles. The molecule has 0 saturated heterocycles. The summed E-state index contributed by atoms with van der Waals surface area (Å²) in [6.07, 6.45) is -6.84. The predicted octanol–water partition coefficient (Wildman–Crippen LogP) is 5.22. The van der Waals surface area contributed by atoms with Gasteiger partial charge < -0.3 is 0 Å². The first-order valence-corrected chi connectivity index (χ1v) is 6.20. The summed E-state index contributed by atoms with van der Waals surface area (Å²) in [4.78, 5) is 3.03. The molecule has 0 radical (unpaired) electrons. The summed E-state index contributed by atoms with van der Waals surface area (Å²) in [7, 11) is 0. The third kappa shape index (κ3) is 2.22. The molecule has 0 unspecified atom stereocenters. The van der Waals surface area contributed by atoms with Crippen molar-refractivity contribution in [2.24, 2.45) is 0 Å². The number of alkyl halides is 9. The fraction of sp³-hybridized carbons (Fsp3) is 0.364. The molecule has 0 aliphatic rings. The van der Waals surface area contributed by atoms with E-state index in [4.69, 9.17) is 0 Å². The van der Waals surface area contributed by atoms with Crippen molar-refractivity contribution in [2.75, 3.05) is 0 Å². The Hall–Kier alpha value is -1.52. The fourth-order valence-corrected chi connectivity index (χ4v) is 2.49. The summed E-state index contributed by atoms with van der Waals surface area (Å²) in [6, 6.07) is 4.97. The van der Waals surface area contributed by atoms with Gasteiger partial charge in [-0.05, 0) is 12.1 Å². The Bertz CT molecular complexity index is 655. The van der Waals surface area contributed by atoms with E-state index in [0.29, 0.717) is 0 Å². The van der Waals surface area contributed by atoms with Gasteiger partial charge in [0.05, 0.1) is 10.2 Å². The molecule has 0 bridgehead atoms. The lowest BCUT2D eigenvalue weighted by Crippen LogP contribution is -2.59. The molecule has 1 nitrogen and oxygen atoms in total. The minimum atomic E-state index is -6.92. The predicted molar refractivity (Wildman–Crippen MR) is 59.5 cm³/mol. The first-order valence-electron chi connectivity index (χ1n) is 5.38. The molecule has 0 spiro atoms. The molecule has 22 heavy (non-hydrogen) atoms. The monoisotopic (exact) mass is 353 g/mol. The van der Waals surface area contributed by atoms with Gasteiger partial charge in [0.1, 0.15) is 0 Å². The zero-order chi connectivity index (χ0) is 17.0. The number of aromatic nitrogens is 1. The number of benzene rings is 1. The number of halogens is 9. The van der Waals surface area contributed by atoms with Crippen LogP contribution in [0.25, 0.3) is 10.2 Å². The highest BCUT2D eigenvalue weighted by molar-refractivity contribution is 7.18. The molecule has 122 valence electrons. The Balaban J connectivity index is 2.57. The standard InChI is InChI=1S/C11H4F9NS/c12-8(13,9(14,15)10(16,17)11(18,19)20)7-21-5-3-1-2-4-6(5)22-7/h1-4H. The summed E-state index contributed by atoms with van der Waals surface area (Å²) in [5.74, 6) is -19.4. The fourth-order valence-electron chi connectivity index (χ4n) is 1.52. The van der Waals surface area contributed by atoms with Gasteiger partial charge in [-0.2, -0.15) is 39.5 Å². The highest BCUT2D eigenvalue weighted by Gasteiger charge is 2.82. The van der Waals surface area contributed by atoms with Gasteiger partial charge in [-0.1, -0.05) is 12.1 Å². The Labute approximate surface area is 120 Å². The molecule has 11 heteroatoms. The zero-order valence-electron chi connectivity index (χ0n) is 10.1. The number of nitrogens with zero attached hydrogens (tertiary/aromatic N) is 1. The number of fused-ring (bicyclic) bond motifs is 1. The van der Waals surface area contributed by atoms with E-state index in [2.05, 4.69) is 4.98 Å². The smallest absolute Gasteiger partial charge is 0.235 e. The van der Waals surface area contributed by atoms with Gasteiger partial charge >= 0.3 is 23.9 Å². The minimum absolute atomic E-state index is 0.0525. The lowest BCUT2D eigenvalue weighted by molar-refractivity contribution is -0.399. The van der Waals surface area contributed by atoms with Crippen LogP contribution in [0.4, 0.5) is 39.5 Å². The maximum absolute atomic E-state index is 13.6. The van der Waals surface area contributed by atoms with Crippen LogP contribution in [0.5, 0.6) is 0 Å². The number of hydrogen-bond donors (Lipinski definition) is 0. The molecule has 0 atom stereocenters. The van der Waals surface area contributed by atoms with Crippen molar-refractivity contribution in [3.8, 4) is 0 Å². The van der Waals surface area contributed by atoms with Crippen LogP contribution in [-0.2, 0) is 5.92 Å². The third-order valence-corrected chi connectivity index (χ3v) is 3.81. The second-order valence-corrected chi connectivity index (χ2v) is 5.24. The molecule has 0 fully saturated rings. The van der Waals surface area contributed by atoms with Crippen LogP contribution in [-0.4, -0.2) is 23.0 Å². The van der Waals surface area contributed by atoms with Crippen molar-refractivity contribution in [2.45, 2.75) is 23.9 Å². The lowest BCUT2D eigenvalue weighted by Gasteiger charge is -2.32. The first-order chi connectivity index (χ1) is 9.82. The van der Waals surface area contributed by atoms with Crippen molar-refractivity contribution < 1.29 is 39.5 Å². The van der Waals surface area contributed by atoms with Crippen LogP contribution in [0, 0.1) is 0 Å². The third-order valence-electron chi connectivity index (χ3n) is 2.71. The molecule has 1 aromatic heterocycles. The summed E-state index contributed by atoms with van der Waals surface area (Å²) in [6.45, 7) is 0. The normalized spacial score (nSPS) is 14.6. The molecule has 2 aromatic rings. The van der Waals surface area contributed by atoms with Gasteiger partial charge in [-0.25, -0.2) is 4.98 Å². The van der Waals surface area contributed by atoms with Crippen LogP contribution in [0.15, 0.2) is 24.3 Å². The van der Waals surface area contributed by atoms with Gasteiger partial charge in [0.15, 0.2) is 5.01 Å². The minimum Gasteiger partial charge on any atom is -0.235 e. The molecule has 0 saturated carbocycles. The second kappa shape index (κ2) is 4.74. The van der Waals surface area contributed by atoms with Crippen LogP contribution < -0.4 is 0 Å².